The van der Waals surface area contributed by atoms with E-state index < -0.39 is 10.0 Å². The molecule has 124 valence electrons. The first-order valence-corrected chi connectivity index (χ1v) is 9.35. The van der Waals surface area contributed by atoms with Gasteiger partial charge in [-0.2, -0.15) is 0 Å². The van der Waals surface area contributed by atoms with Crippen molar-refractivity contribution < 1.29 is 13.2 Å². The van der Waals surface area contributed by atoms with Gasteiger partial charge < -0.3 is 11.1 Å². The monoisotopic (exact) mass is 353 g/mol. The van der Waals surface area contributed by atoms with E-state index in [9.17, 15) is 13.2 Å². The van der Waals surface area contributed by atoms with E-state index in [4.69, 9.17) is 5.73 Å². The Balaban J connectivity index is 1.81. The molecule has 2 aromatic rings. The van der Waals surface area contributed by atoms with Crippen molar-refractivity contribution in [3.05, 3.63) is 52.4 Å². The minimum absolute atomic E-state index is 0.131. The summed E-state index contributed by atoms with van der Waals surface area (Å²) in [6, 6.07) is 10.3. The van der Waals surface area contributed by atoms with E-state index in [0.717, 1.165) is 10.4 Å². The number of nitrogens with one attached hydrogen (secondary N) is 2. The zero-order valence-corrected chi connectivity index (χ0v) is 14.3. The minimum atomic E-state index is -3.51. The molecule has 0 spiro atoms. The number of thiophene rings is 1. The zero-order chi connectivity index (χ0) is 16.9. The summed E-state index contributed by atoms with van der Waals surface area (Å²) in [5.74, 6) is -0.250. The van der Waals surface area contributed by atoms with Crippen LogP contribution in [-0.4, -0.2) is 27.4 Å². The van der Waals surface area contributed by atoms with Crippen LogP contribution >= 0.6 is 11.3 Å². The molecule has 1 heterocycles. The second kappa shape index (κ2) is 7.69. The lowest BCUT2D eigenvalue weighted by atomic mass is 10.1. The third-order valence-corrected chi connectivity index (χ3v) is 6.09. The smallest absolute Gasteiger partial charge is 0.251 e. The molecule has 2 rings (SSSR count). The lowest BCUT2D eigenvalue weighted by molar-refractivity contribution is 0.0954. The molecular weight excluding hydrogens is 334 g/mol. The zero-order valence-electron chi connectivity index (χ0n) is 12.7. The first-order chi connectivity index (χ1) is 10.9. The van der Waals surface area contributed by atoms with Gasteiger partial charge in [0, 0.05) is 30.1 Å². The Bertz CT molecular complexity index is 768. The van der Waals surface area contributed by atoms with Crippen LogP contribution in [0.5, 0.6) is 0 Å². The fourth-order valence-corrected chi connectivity index (χ4v) is 4.24. The SMILES string of the molecule is Cc1ccc(S(=O)(=O)NCCNC(=O)c2ccc(CN)cc2)s1. The van der Waals surface area contributed by atoms with Gasteiger partial charge in [0.05, 0.1) is 0 Å². The molecule has 0 bridgehead atoms. The normalized spacial score (nSPS) is 11.4. The van der Waals surface area contributed by atoms with Gasteiger partial charge in [0.1, 0.15) is 4.21 Å². The van der Waals surface area contributed by atoms with E-state index in [2.05, 4.69) is 10.0 Å². The van der Waals surface area contributed by atoms with Crippen molar-refractivity contribution >= 4 is 27.3 Å². The summed E-state index contributed by atoms with van der Waals surface area (Å²) in [6.45, 7) is 2.61. The molecule has 1 aromatic heterocycles. The Kier molecular flexibility index (Phi) is 5.89. The van der Waals surface area contributed by atoms with Gasteiger partial charge in [0.15, 0.2) is 0 Å². The molecule has 0 radical (unpaired) electrons. The summed E-state index contributed by atoms with van der Waals surface area (Å²) in [4.78, 5) is 12.9. The van der Waals surface area contributed by atoms with Crippen molar-refractivity contribution in [1.29, 1.82) is 0 Å². The maximum Gasteiger partial charge on any atom is 0.251 e. The van der Waals surface area contributed by atoms with Gasteiger partial charge in [-0.05, 0) is 36.8 Å². The van der Waals surface area contributed by atoms with E-state index >= 15 is 0 Å². The molecule has 0 saturated heterocycles. The average molecular weight is 353 g/mol. The number of sulfonamides is 1. The van der Waals surface area contributed by atoms with Crippen molar-refractivity contribution in [3.8, 4) is 0 Å². The van der Waals surface area contributed by atoms with E-state index in [1.807, 2.05) is 6.92 Å². The summed E-state index contributed by atoms with van der Waals surface area (Å²) in [6.07, 6.45) is 0. The molecule has 8 heteroatoms. The van der Waals surface area contributed by atoms with Crippen LogP contribution < -0.4 is 15.8 Å². The molecule has 1 amide bonds. The first-order valence-electron chi connectivity index (χ1n) is 7.05. The van der Waals surface area contributed by atoms with Crippen LogP contribution in [0.2, 0.25) is 0 Å². The fraction of sp³-hybridized carbons (Fsp3) is 0.267. The molecule has 0 fully saturated rings. The number of nitrogens with two attached hydrogens (primary N) is 1. The Labute approximate surface area is 139 Å². The van der Waals surface area contributed by atoms with Crippen molar-refractivity contribution in [3.63, 3.8) is 0 Å². The van der Waals surface area contributed by atoms with Crippen molar-refractivity contribution in [2.75, 3.05) is 13.1 Å². The lowest BCUT2D eigenvalue weighted by Gasteiger charge is -2.07. The summed E-state index contributed by atoms with van der Waals surface area (Å²) < 4.78 is 26.8. The Morgan fingerprint density at radius 2 is 1.83 bits per heavy atom. The van der Waals surface area contributed by atoms with Crippen LogP contribution in [0.4, 0.5) is 0 Å². The Morgan fingerprint density at radius 1 is 1.13 bits per heavy atom. The molecule has 23 heavy (non-hydrogen) atoms. The highest BCUT2D eigenvalue weighted by atomic mass is 32.2. The Hall–Kier alpha value is -1.74. The highest BCUT2D eigenvalue weighted by Crippen LogP contribution is 2.19. The van der Waals surface area contributed by atoms with E-state index in [1.54, 1.807) is 36.4 Å². The summed E-state index contributed by atoms with van der Waals surface area (Å²) in [7, 11) is -3.51. The molecule has 0 atom stereocenters. The number of hydrogen-bond acceptors (Lipinski definition) is 5. The quantitative estimate of drug-likeness (QED) is 0.652. The third kappa shape index (κ3) is 4.87. The van der Waals surface area contributed by atoms with Gasteiger partial charge in [-0.25, -0.2) is 13.1 Å². The fourth-order valence-electron chi connectivity index (χ4n) is 1.88. The number of benzene rings is 1. The van der Waals surface area contributed by atoms with Crippen LogP contribution in [0.15, 0.2) is 40.6 Å². The lowest BCUT2D eigenvalue weighted by Crippen LogP contribution is -2.34. The number of rotatable bonds is 7. The highest BCUT2D eigenvalue weighted by molar-refractivity contribution is 7.91. The number of carbonyl (C=O) groups is 1. The van der Waals surface area contributed by atoms with Crippen molar-refractivity contribution in [2.24, 2.45) is 5.73 Å². The average Bonchev–Trinajstić information content (AvgIpc) is 2.99. The molecule has 0 aliphatic rings. The summed E-state index contributed by atoms with van der Waals surface area (Å²) in [5, 5.41) is 2.67. The van der Waals surface area contributed by atoms with E-state index in [-0.39, 0.29) is 23.2 Å². The highest BCUT2D eigenvalue weighted by Gasteiger charge is 2.15. The maximum atomic E-state index is 12.0. The van der Waals surface area contributed by atoms with E-state index in [0.29, 0.717) is 12.1 Å². The van der Waals surface area contributed by atoms with Crippen LogP contribution in [0.1, 0.15) is 20.8 Å². The van der Waals surface area contributed by atoms with Crippen molar-refractivity contribution in [2.45, 2.75) is 17.7 Å². The van der Waals surface area contributed by atoms with Gasteiger partial charge in [-0.1, -0.05) is 12.1 Å². The third-order valence-electron chi connectivity index (χ3n) is 3.14. The number of carbonyl (C=O) groups excluding carboxylic acids is 1. The van der Waals surface area contributed by atoms with Gasteiger partial charge in [0.2, 0.25) is 10.0 Å². The van der Waals surface area contributed by atoms with Crippen molar-refractivity contribution in [1.82, 2.24) is 10.0 Å². The van der Waals surface area contributed by atoms with E-state index in [1.165, 1.54) is 11.3 Å². The summed E-state index contributed by atoms with van der Waals surface area (Å²) in [5.41, 5.74) is 6.96. The van der Waals surface area contributed by atoms with Gasteiger partial charge in [-0.15, -0.1) is 11.3 Å². The van der Waals surface area contributed by atoms with Crippen LogP contribution in [0, 0.1) is 6.92 Å². The molecule has 0 aliphatic heterocycles. The first kappa shape index (κ1) is 17.6. The molecule has 1 aromatic carbocycles. The maximum absolute atomic E-state index is 12.0. The predicted molar refractivity (Wildman–Crippen MR) is 90.9 cm³/mol. The van der Waals surface area contributed by atoms with Gasteiger partial charge in [0.25, 0.3) is 5.91 Å². The molecule has 0 aliphatic carbocycles. The molecule has 0 unspecified atom stereocenters. The topological polar surface area (TPSA) is 101 Å². The second-order valence-corrected chi connectivity index (χ2v) is 8.20. The minimum Gasteiger partial charge on any atom is -0.351 e. The van der Waals surface area contributed by atoms with Crippen LogP contribution in [-0.2, 0) is 16.6 Å². The second-order valence-electron chi connectivity index (χ2n) is 4.92. The molecule has 6 nitrogen and oxygen atoms in total. The molecule has 4 N–H and O–H groups in total. The largest absolute Gasteiger partial charge is 0.351 e. The molecular formula is C15H19N3O3S2. The number of aryl methyl sites for hydroxylation is 1. The van der Waals surface area contributed by atoms with Crippen LogP contribution in [0.25, 0.3) is 0 Å². The number of hydrogen-bond donors (Lipinski definition) is 3. The molecule has 0 saturated carbocycles. The predicted octanol–water partition coefficient (Wildman–Crippen LogP) is 1.22. The van der Waals surface area contributed by atoms with Gasteiger partial charge >= 0.3 is 0 Å². The van der Waals surface area contributed by atoms with Gasteiger partial charge in [-0.3, -0.25) is 4.79 Å². The van der Waals surface area contributed by atoms with Crippen LogP contribution in [0.3, 0.4) is 0 Å². The Morgan fingerprint density at radius 3 is 2.39 bits per heavy atom. The number of amides is 1. The standard InChI is InChI=1S/C15H19N3O3S2/c1-11-2-7-14(22-11)23(20,21)18-9-8-17-15(19)13-5-3-12(10-16)4-6-13/h2-7,18H,8-10,16H2,1H3,(H,17,19). The summed E-state index contributed by atoms with van der Waals surface area (Å²) >= 11 is 1.21.